The average molecular weight is 223 g/mol. The van der Waals surface area contributed by atoms with Gasteiger partial charge in [0.1, 0.15) is 0 Å². The van der Waals surface area contributed by atoms with Gasteiger partial charge in [0, 0.05) is 24.8 Å². The van der Waals surface area contributed by atoms with E-state index in [1.54, 1.807) is 24.1 Å². The number of aliphatic carboxylic acids is 1. The maximum atomic E-state index is 11.5. The van der Waals surface area contributed by atoms with Gasteiger partial charge in [-0.25, -0.2) is 0 Å². The summed E-state index contributed by atoms with van der Waals surface area (Å²) in [5, 5.41) is 13.5. The van der Waals surface area contributed by atoms with Crippen molar-refractivity contribution in [1.29, 1.82) is 0 Å². The predicted molar refractivity (Wildman–Crippen MR) is 59.0 cm³/mol. The first-order valence-electron chi connectivity index (χ1n) is 5.53. The van der Waals surface area contributed by atoms with Crippen molar-refractivity contribution in [2.45, 2.75) is 37.1 Å². The van der Waals surface area contributed by atoms with Gasteiger partial charge in [-0.1, -0.05) is 0 Å². The summed E-state index contributed by atoms with van der Waals surface area (Å²) in [6.07, 6.45) is 6.20. The highest BCUT2D eigenvalue weighted by Gasteiger charge is 2.43. The van der Waals surface area contributed by atoms with Crippen LogP contribution >= 0.6 is 0 Å². The molecule has 0 unspecified atom stereocenters. The molecule has 1 fully saturated rings. The lowest BCUT2D eigenvalue weighted by atomic mass is 9.69. The SMILES string of the molecule is Cn1cc(C2(C(=O)O)CCC(N)CC2)cn1. The molecule has 2 rings (SSSR count). The van der Waals surface area contributed by atoms with Crippen LogP contribution in [-0.4, -0.2) is 26.9 Å². The molecule has 5 heteroatoms. The number of carbonyl (C=O) groups is 1. The predicted octanol–water partition coefficient (Wildman–Crippen LogP) is 0.644. The van der Waals surface area contributed by atoms with Gasteiger partial charge in [-0.05, 0) is 25.7 Å². The van der Waals surface area contributed by atoms with Gasteiger partial charge in [-0.2, -0.15) is 5.10 Å². The Bertz CT molecular complexity index is 392. The first-order valence-corrected chi connectivity index (χ1v) is 5.53. The molecule has 1 aliphatic carbocycles. The van der Waals surface area contributed by atoms with Gasteiger partial charge in [0.25, 0.3) is 0 Å². The van der Waals surface area contributed by atoms with Crippen molar-refractivity contribution in [1.82, 2.24) is 9.78 Å². The van der Waals surface area contributed by atoms with Gasteiger partial charge < -0.3 is 10.8 Å². The number of nitrogens with two attached hydrogens (primary N) is 1. The van der Waals surface area contributed by atoms with Crippen LogP contribution in [0.4, 0.5) is 0 Å². The lowest BCUT2D eigenvalue weighted by Gasteiger charge is -2.34. The molecular weight excluding hydrogens is 206 g/mol. The Hall–Kier alpha value is -1.36. The van der Waals surface area contributed by atoms with Crippen LogP contribution in [0.3, 0.4) is 0 Å². The van der Waals surface area contributed by atoms with Crippen LogP contribution in [0.25, 0.3) is 0 Å². The summed E-state index contributed by atoms with van der Waals surface area (Å²) >= 11 is 0. The largest absolute Gasteiger partial charge is 0.481 e. The van der Waals surface area contributed by atoms with E-state index in [0.717, 1.165) is 18.4 Å². The molecule has 0 amide bonds. The third kappa shape index (κ3) is 1.71. The molecule has 0 radical (unpaired) electrons. The summed E-state index contributed by atoms with van der Waals surface area (Å²) in [4.78, 5) is 11.5. The van der Waals surface area contributed by atoms with Crippen molar-refractivity contribution in [3.63, 3.8) is 0 Å². The van der Waals surface area contributed by atoms with Crippen molar-refractivity contribution in [2.24, 2.45) is 12.8 Å². The van der Waals surface area contributed by atoms with E-state index in [2.05, 4.69) is 5.10 Å². The lowest BCUT2D eigenvalue weighted by molar-refractivity contribution is -0.145. The first kappa shape index (κ1) is 11.1. The van der Waals surface area contributed by atoms with Crippen LogP contribution in [-0.2, 0) is 17.3 Å². The van der Waals surface area contributed by atoms with Gasteiger partial charge in [-0.15, -0.1) is 0 Å². The van der Waals surface area contributed by atoms with Crippen LogP contribution in [0.2, 0.25) is 0 Å². The Kier molecular flexibility index (Phi) is 2.71. The Morgan fingerprint density at radius 2 is 2.25 bits per heavy atom. The molecule has 1 aromatic rings. The summed E-state index contributed by atoms with van der Waals surface area (Å²) in [5.74, 6) is -0.757. The highest BCUT2D eigenvalue weighted by molar-refractivity contribution is 5.81. The number of hydrogen-bond acceptors (Lipinski definition) is 3. The third-order valence-electron chi connectivity index (χ3n) is 3.55. The minimum absolute atomic E-state index is 0.143. The first-order chi connectivity index (χ1) is 7.54. The van der Waals surface area contributed by atoms with E-state index in [1.807, 2.05) is 0 Å². The summed E-state index contributed by atoms with van der Waals surface area (Å²) in [6.45, 7) is 0. The van der Waals surface area contributed by atoms with Crippen LogP contribution in [0, 0.1) is 0 Å². The number of nitrogens with zero attached hydrogens (tertiary/aromatic N) is 2. The molecule has 1 aliphatic rings. The van der Waals surface area contributed by atoms with Crippen LogP contribution in [0.5, 0.6) is 0 Å². The number of aryl methyl sites for hydroxylation is 1. The molecule has 1 aromatic heterocycles. The van der Waals surface area contributed by atoms with E-state index in [0.29, 0.717) is 12.8 Å². The van der Waals surface area contributed by atoms with Gasteiger partial charge in [0.05, 0.1) is 11.6 Å². The maximum Gasteiger partial charge on any atom is 0.314 e. The number of hydrogen-bond donors (Lipinski definition) is 2. The van der Waals surface area contributed by atoms with Crippen molar-refractivity contribution in [2.75, 3.05) is 0 Å². The zero-order valence-corrected chi connectivity index (χ0v) is 9.39. The Balaban J connectivity index is 2.33. The number of carboxylic acid groups (broad SMARTS) is 1. The Labute approximate surface area is 94.2 Å². The van der Waals surface area contributed by atoms with E-state index in [-0.39, 0.29) is 6.04 Å². The van der Waals surface area contributed by atoms with E-state index < -0.39 is 11.4 Å². The van der Waals surface area contributed by atoms with Gasteiger partial charge >= 0.3 is 5.97 Å². The molecule has 1 heterocycles. The second-order valence-electron chi connectivity index (χ2n) is 4.63. The third-order valence-corrected chi connectivity index (χ3v) is 3.55. The van der Waals surface area contributed by atoms with Crippen molar-refractivity contribution in [3.05, 3.63) is 18.0 Å². The van der Waals surface area contributed by atoms with Crippen LogP contribution in [0.1, 0.15) is 31.2 Å². The van der Waals surface area contributed by atoms with Crippen molar-refractivity contribution in [3.8, 4) is 0 Å². The monoisotopic (exact) mass is 223 g/mol. The second kappa shape index (κ2) is 3.90. The summed E-state index contributed by atoms with van der Waals surface area (Å²) in [7, 11) is 1.80. The quantitative estimate of drug-likeness (QED) is 0.771. The van der Waals surface area contributed by atoms with Crippen molar-refractivity contribution >= 4 is 5.97 Å². The van der Waals surface area contributed by atoms with Crippen LogP contribution in [0.15, 0.2) is 12.4 Å². The molecule has 0 aromatic carbocycles. The minimum Gasteiger partial charge on any atom is -0.481 e. The zero-order valence-electron chi connectivity index (χ0n) is 9.39. The highest BCUT2D eigenvalue weighted by Crippen LogP contribution is 2.39. The summed E-state index contributed by atoms with van der Waals surface area (Å²) in [6, 6.07) is 0.143. The standard InChI is InChI=1S/C11H17N3O2/c1-14-7-8(6-13-14)11(10(15)16)4-2-9(12)3-5-11/h6-7,9H,2-5,12H2,1H3,(H,15,16). The Morgan fingerprint density at radius 1 is 1.62 bits per heavy atom. The molecular formula is C11H17N3O2. The summed E-state index contributed by atoms with van der Waals surface area (Å²) in [5.41, 5.74) is 5.85. The molecule has 5 nitrogen and oxygen atoms in total. The minimum atomic E-state index is -0.774. The molecule has 0 spiro atoms. The Morgan fingerprint density at radius 3 is 2.69 bits per heavy atom. The number of aromatic nitrogens is 2. The topological polar surface area (TPSA) is 81.1 Å². The van der Waals surface area contributed by atoms with E-state index in [9.17, 15) is 9.90 Å². The second-order valence-corrected chi connectivity index (χ2v) is 4.63. The van der Waals surface area contributed by atoms with E-state index in [4.69, 9.17) is 5.73 Å². The normalized spacial score (nSPS) is 30.2. The smallest absolute Gasteiger partial charge is 0.314 e. The fourth-order valence-electron chi connectivity index (χ4n) is 2.43. The zero-order chi connectivity index (χ0) is 11.8. The number of carboxylic acids is 1. The molecule has 0 atom stereocenters. The molecule has 0 bridgehead atoms. The van der Waals surface area contributed by atoms with Gasteiger partial charge in [-0.3, -0.25) is 9.48 Å². The van der Waals surface area contributed by atoms with Gasteiger partial charge in [0.2, 0.25) is 0 Å². The van der Waals surface area contributed by atoms with Gasteiger partial charge in [0.15, 0.2) is 0 Å². The molecule has 3 N–H and O–H groups in total. The fraction of sp³-hybridized carbons (Fsp3) is 0.636. The molecule has 88 valence electrons. The molecule has 0 aliphatic heterocycles. The number of rotatable bonds is 2. The summed E-state index contributed by atoms with van der Waals surface area (Å²) < 4.78 is 1.65. The van der Waals surface area contributed by atoms with E-state index in [1.165, 1.54) is 0 Å². The molecule has 1 saturated carbocycles. The molecule has 0 saturated heterocycles. The van der Waals surface area contributed by atoms with E-state index >= 15 is 0 Å². The van der Waals surface area contributed by atoms with Crippen molar-refractivity contribution < 1.29 is 9.90 Å². The highest BCUT2D eigenvalue weighted by atomic mass is 16.4. The maximum absolute atomic E-state index is 11.5. The molecule has 16 heavy (non-hydrogen) atoms. The fourth-order valence-corrected chi connectivity index (χ4v) is 2.43. The average Bonchev–Trinajstić information content (AvgIpc) is 2.66. The lowest BCUT2D eigenvalue weighted by Crippen LogP contribution is -2.42. The van der Waals surface area contributed by atoms with Crippen LogP contribution < -0.4 is 5.73 Å².